The predicted octanol–water partition coefficient (Wildman–Crippen LogP) is 4.46. The summed E-state index contributed by atoms with van der Waals surface area (Å²) in [5.74, 6) is 0.623. The first-order chi connectivity index (χ1) is 12.8. The number of anilines is 1. The zero-order valence-corrected chi connectivity index (χ0v) is 17.3. The number of para-hydroxylation sites is 1. The largest absolute Gasteiger partial charge is 0.353 e. The van der Waals surface area contributed by atoms with Gasteiger partial charge in [-0.1, -0.05) is 45.4 Å². The number of aryl methyl sites for hydroxylation is 1. The smallest absolute Gasteiger partial charge is 0.227 e. The number of hydrogen-bond acceptors (Lipinski definition) is 2. The molecule has 0 radical (unpaired) electrons. The van der Waals surface area contributed by atoms with Crippen molar-refractivity contribution in [1.82, 2.24) is 5.32 Å². The molecule has 148 valence electrons. The standard InChI is InChI=1S/C23H34N2O2/c1-5-23(3,4)18-10-12-19(13-11-18)24-22(27)17-14-21(26)25(15-17)20-9-7-6-8-16(20)2/h6-9,17-19H,5,10-15H2,1-4H3,(H,24,27)/t17-,18?,19?/m0/s1. The van der Waals surface area contributed by atoms with Gasteiger partial charge in [0.2, 0.25) is 11.8 Å². The van der Waals surface area contributed by atoms with Crippen molar-refractivity contribution in [2.24, 2.45) is 17.3 Å². The third-order valence-corrected chi connectivity index (χ3v) is 6.99. The highest BCUT2D eigenvalue weighted by molar-refractivity contribution is 6.00. The van der Waals surface area contributed by atoms with Crippen LogP contribution >= 0.6 is 0 Å². The van der Waals surface area contributed by atoms with E-state index >= 15 is 0 Å². The van der Waals surface area contributed by atoms with E-state index in [2.05, 4.69) is 26.1 Å². The lowest BCUT2D eigenvalue weighted by atomic mass is 9.69. The zero-order chi connectivity index (χ0) is 19.6. The zero-order valence-electron chi connectivity index (χ0n) is 17.3. The summed E-state index contributed by atoms with van der Waals surface area (Å²) in [7, 11) is 0. The quantitative estimate of drug-likeness (QED) is 0.832. The summed E-state index contributed by atoms with van der Waals surface area (Å²) in [6.07, 6.45) is 6.01. The number of rotatable bonds is 5. The van der Waals surface area contributed by atoms with Crippen molar-refractivity contribution in [1.29, 1.82) is 0 Å². The fourth-order valence-corrected chi connectivity index (χ4v) is 4.61. The molecule has 1 N–H and O–H groups in total. The van der Waals surface area contributed by atoms with Crippen LogP contribution in [0.4, 0.5) is 5.69 Å². The van der Waals surface area contributed by atoms with E-state index in [-0.39, 0.29) is 23.8 Å². The van der Waals surface area contributed by atoms with Gasteiger partial charge in [-0.05, 0) is 55.6 Å². The van der Waals surface area contributed by atoms with Gasteiger partial charge in [-0.25, -0.2) is 0 Å². The maximum atomic E-state index is 12.8. The molecule has 4 nitrogen and oxygen atoms in total. The Labute approximate surface area is 163 Å². The molecule has 1 aliphatic heterocycles. The van der Waals surface area contributed by atoms with Crippen LogP contribution in [0.1, 0.15) is 64.9 Å². The lowest BCUT2D eigenvalue weighted by molar-refractivity contribution is -0.127. The van der Waals surface area contributed by atoms with E-state index in [0.717, 1.165) is 30.0 Å². The topological polar surface area (TPSA) is 49.4 Å². The molecule has 2 aliphatic rings. The van der Waals surface area contributed by atoms with Crippen LogP contribution < -0.4 is 10.2 Å². The fourth-order valence-electron chi connectivity index (χ4n) is 4.61. The highest BCUT2D eigenvalue weighted by Gasteiger charge is 2.37. The summed E-state index contributed by atoms with van der Waals surface area (Å²) in [5.41, 5.74) is 2.39. The monoisotopic (exact) mass is 370 g/mol. The van der Waals surface area contributed by atoms with Gasteiger partial charge in [0.15, 0.2) is 0 Å². The molecule has 1 saturated carbocycles. The van der Waals surface area contributed by atoms with E-state index in [1.807, 2.05) is 31.2 Å². The summed E-state index contributed by atoms with van der Waals surface area (Å²) in [4.78, 5) is 27.0. The number of carbonyl (C=O) groups excluding carboxylic acids is 2. The summed E-state index contributed by atoms with van der Waals surface area (Å²) >= 11 is 0. The Morgan fingerprint density at radius 3 is 2.48 bits per heavy atom. The SMILES string of the molecule is CCC(C)(C)C1CCC(NC(=O)[C@H]2CC(=O)N(c3ccccc3C)C2)CC1. The average Bonchev–Trinajstić information content (AvgIpc) is 3.04. The molecule has 1 heterocycles. The van der Waals surface area contributed by atoms with E-state index < -0.39 is 0 Å². The van der Waals surface area contributed by atoms with E-state index in [0.29, 0.717) is 18.4 Å². The molecule has 1 aliphatic carbocycles. The maximum Gasteiger partial charge on any atom is 0.227 e. The van der Waals surface area contributed by atoms with Gasteiger partial charge in [-0.15, -0.1) is 0 Å². The minimum atomic E-state index is -0.234. The number of hydrogen-bond donors (Lipinski definition) is 1. The van der Waals surface area contributed by atoms with Crippen LogP contribution in [0.3, 0.4) is 0 Å². The first kappa shape index (κ1) is 19.9. The van der Waals surface area contributed by atoms with Gasteiger partial charge in [0, 0.05) is 24.7 Å². The average molecular weight is 371 g/mol. The number of carbonyl (C=O) groups is 2. The molecule has 1 atom stereocenters. The van der Waals surface area contributed by atoms with Crippen LogP contribution in [0, 0.1) is 24.2 Å². The lowest BCUT2D eigenvalue weighted by Gasteiger charge is -2.39. The van der Waals surface area contributed by atoms with Crippen molar-refractivity contribution in [3.63, 3.8) is 0 Å². The van der Waals surface area contributed by atoms with Crippen molar-refractivity contribution < 1.29 is 9.59 Å². The Morgan fingerprint density at radius 2 is 1.85 bits per heavy atom. The second-order valence-electron chi connectivity index (χ2n) is 9.09. The number of nitrogens with zero attached hydrogens (tertiary/aromatic N) is 1. The van der Waals surface area contributed by atoms with E-state index in [1.54, 1.807) is 4.90 Å². The molecule has 2 fully saturated rings. The molecule has 0 spiro atoms. The second kappa shape index (κ2) is 8.04. The molecule has 1 saturated heterocycles. The van der Waals surface area contributed by atoms with Crippen molar-refractivity contribution in [3.05, 3.63) is 29.8 Å². The Kier molecular flexibility index (Phi) is 5.92. The van der Waals surface area contributed by atoms with Crippen LogP contribution in [0.15, 0.2) is 24.3 Å². The summed E-state index contributed by atoms with van der Waals surface area (Å²) < 4.78 is 0. The van der Waals surface area contributed by atoms with Gasteiger partial charge in [0.05, 0.1) is 5.92 Å². The Balaban J connectivity index is 1.54. The Bertz CT molecular complexity index is 689. The normalized spacial score (nSPS) is 26.3. The van der Waals surface area contributed by atoms with Crippen molar-refractivity contribution in [3.8, 4) is 0 Å². The summed E-state index contributed by atoms with van der Waals surface area (Å²) in [6.45, 7) is 9.49. The molecule has 0 aromatic heterocycles. The van der Waals surface area contributed by atoms with Crippen molar-refractivity contribution >= 4 is 17.5 Å². The summed E-state index contributed by atoms with van der Waals surface area (Å²) in [5, 5.41) is 3.24. The number of benzene rings is 1. The lowest BCUT2D eigenvalue weighted by Crippen LogP contribution is -2.43. The third kappa shape index (κ3) is 4.36. The third-order valence-electron chi connectivity index (χ3n) is 6.99. The van der Waals surface area contributed by atoms with Gasteiger partial charge < -0.3 is 10.2 Å². The fraction of sp³-hybridized carbons (Fsp3) is 0.652. The first-order valence-electron chi connectivity index (χ1n) is 10.5. The summed E-state index contributed by atoms with van der Waals surface area (Å²) in [6, 6.07) is 8.15. The maximum absolute atomic E-state index is 12.8. The van der Waals surface area contributed by atoms with Crippen LogP contribution in [-0.4, -0.2) is 24.4 Å². The van der Waals surface area contributed by atoms with Crippen molar-refractivity contribution in [2.45, 2.75) is 72.3 Å². The highest BCUT2D eigenvalue weighted by Crippen LogP contribution is 2.40. The molecule has 27 heavy (non-hydrogen) atoms. The molecule has 3 rings (SSSR count). The minimum Gasteiger partial charge on any atom is -0.353 e. The van der Waals surface area contributed by atoms with Crippen LogP contribution in [0.5, 0.6) is 0 Å². The first-order valence-corrected chi connectivity index (χ1v) is 10.5. The van der Waals surface area contributed by atoms with Gasteiger partial charge >= 0.3 is 0 Å². The molecule has 0 unspecified atom stereocenters. The molecule has 1 aromatic rings. The van der Waals surface area contributed by atoms with Gasteiger partial charge in [0.1, 0.15) is 0 Å². The van der Waals surface area contributed by atoms with Crippen molar-refractivity contribution in [2.75, 3.05) is 11.4 Å². The molecule has 2 amide bonds. The Morgan fingerprint density at radius 1 is 1.19 bits per heavy atom. The minimum absolute atomic E-state index is 0.0534. The van der Waals surface area contributed by atoms with Gasteiger partial charge in [-0.3, -0.25) is 9.59 Å². The van der Waals surface area contributed by atoms with Gasteiger partial charge in [-0.2, -0.15) is 0 Å². The van der Waals surface area contributed by atoms with Crippen LogP contribution in [0.2, 0.25) is 0 Å². The van der Waals surface area contributed by atoms with Crippen LogP contribution in [0.25, 0.3) is 0 Å². The predicted molar refractivity (Wildman–Crippen MR) is 110 cm³/mol. The highest BCUT2D eigenvalue weighted by atomic mass is 16.2. The second-order valence-corrected chi connectivity index (χ2v) is 9.09. The molecule has 0 bridgehead atoms. The molecular weight excluding hydrogens is 336 g/mol. The number of amides is 2. The van der Waals surface area contributed by atoms with E-state index in [4.69, 9.17) is 0 Å². The van der Waals surface area contributed by atoms with E-state index in [1.165, 1.54) is 19.3 Å². The molecule has 1 aromatic carbocycles. The number of nitrogens with one attached hydrogen (secondary N) is 1. The molecular formula is C23H34N2O2. The molecule has 4 heteroatoms. The van der Waals surface area contributed by atoms with E-state index in [9.17, 15) is 9.59 Å². The van der Waals surface area contributed by atoms with Gasteiger partial charge in [0.25, 0.3) is 0 Å². The van der Waals surface area contributed by atoms with Crippen LogP contribution in [-0.2, 0) is 9.59 Å². The Hall–Kier alpha value is -1.84.